The zero-order valence-electron chi connectivity index (χ0n) is 11.5. The lowest BCUT2D eigenvalue weighted by atomic mass is 9.95. The summed E-state index contributed by atoms with van der Waals surface area (Å²) in [6.45, 7) is 7.35. The predicted octanol–water partition coefficient (Wildman–Crippen LogP) is 3.41. The van der Waals surface area contributed by atoms with E-state index < -0.39 is 0 Å². The molecule has 0 unspecified atom stereocenters. The van der Waals surface area contributed by atoms with Crippen molar-refractivity contribution < 1.29 is 9.47 Å². The van der Waals surface area contributed by atoms with Gasteiger partial charge < -0.3 is 9.47 Å². The molecular weight excluding hydrogens is 260 g/mol. The molecule has 0 saturated heterocycles. The van der Waals surface area contributed by atoms with Crippen molar-refractivity contribution in [3.63, 3.8) is 0 Å². The maximum absolute atomic E-state index is 9.35. The Bertz CT molecular complexity index is 514. The molecule has 102 valence electrons. The molecule has 0 aliphatic carbocycles. The smallest absolute Gasteiger partial charge is 0.175 e. The highest BCUT2D eigenvalue weighted by molar-refractivity contribution is 7.16. The van der Waals surface area contributed by atoms with Crippen molar-refractivity contribution in [2.45, 2.75) is 39.9 Å². The Hall–Kier alpha value is -1.38. The Kier molecular flexibility index (Phi) is 4.56. The molecule has 1 aromatic heterocycles. The Morgan fingerprint density at radius 2 is 2.42 bits per heavy atom. The molecule has 2 rings (SSSR count). The van der Waals surface area contributed by atoms with Crippen molar-refractivity contribution >= 4 is 22.7 Å². The van der Waals surface area contributed by atoms with Gasteiger partial charge in [-0.05, 0) is 18.4 Å². The van der Waals surface area contributed by atoms with E-state index in [0.29, 0.717) is 24.7 Å². The van der Waals surface area contributed by atoms with Gasteiger partial charge in [-0.1, -0.05) is 13.8 Å². The summed E-state index contributed by atoms with van der Waals surface area (Å²) in [5.41, 5.74) is 1.80. The molecule has 1 aliphatic rings. The summed E-state index contributed by atoms with van der Waals surface area (Å²) >= 11 is 1.53. The lowest BCUT2D eigenvalue weighted by Gasteiger charge is -2.26. The standard InChI is InChI=1S/C14H18N2O2S/c1-4-17-8-16-14-11(6-15)10-5-12(9(2)3)18-7-13(10)19-14/h8-9,12H,4-5,7H2,1-3H3/t12-/m0/s1. The first-order chi connectivity index (χ1) is 9.17. The minimum Gasteiger partial charge on any atom is -0.483 e. The third-order valence-corrected chi connectivity index (χ3v) is 4.29. The number of rotatable bonds is 4. The van der Waals surface area contributed by atoms with Crippen LogP contribution in [0.1, 0.15) is 36.8 Å². The van der Waals surface area contributed by atoms with Gasteiger partial charge in [0.25, 0.3) is 0 Å². The molecule has 0 fully saturated rings. The second kappa shape index (κ2) is 6.18. The van der Waals surface area contributed by atoms with E-state index in [1.165, 1.54) is 17.7 Å². The van der Waals surface area contributed by atoms with Crippen molar-refractivity contribution in [3.05, 3.63) is 16.0 Å². The number of nitriles is 1. The van der Waals surface area contributed by atoms with Gasteiger partial charge in [0.1, 0.15) is 11.1 Å². The van der Waals surface area contributed by atoms with Gasteiger partial charge in [-0.25, -0.2) is 4.99 Å². The predicted molar refractivity (Wildman–Crippen MR) is 75.9 cm³/mol. The SMILES string of the molecule is CCOC=Nc1sc2c(c1C#N)C[C@@H](C(C)C)OC2. The molecule has 0 bridgehead atoms. The van der Waals surface area contributed by atoms with Crippen LogP contribution >= 0.6 is 11.3 Å². The van der Waals surface area contributed by atoms with Crippen molar-refractivity contribution in [2.24, 2.45) is 10.9 Å². The summed E-state index contributed by atoms with van der Waals surface area (Å²) in [4.78, 5) is 5.36. The molecule has 1 atom stereocenters. The minimum atomic E-state index is 0.193. The molecule has 0 N–H and O–H groups in total. The Morgan fingerprint density at radius 3 is 3.05 bits per heavy atom. The Balaban J connectivity index is 2.29. The number of nitrogens with zero attached hydrogens (tertiary/aromatic N) is 2. The number of ether oxygens (including phenoxy) is 2. The quantitative estimate of drug-likeness (QED) is 0.626. The molecule has 0 radical (unpaired) electrons. The van der Waals surface area contributed by atoms with Gasteiger partial charge in [0.05, 0.1) is 24.9 Å². The maximum Gasteiger partial charge on any atom is 0.175 e. The third-order valence-electron chi connectivity index (χ3n) is 3.17. The van der Waals surface area contributed by atoms with Crippen LogP contribution in [0.3, 0.4) is 0 Å². The summed E-state index contributed by atoms with van der Waals surface area (Å²) < 4.78 is 10.9. The zero-order valence-corrected chi connectivity index (χ0v) is 12.3. The highest BCUT2D eigenvalue weighted by Gasteiger charge is 2.27. The first kappa shape index (κ1) is 14.0. The third kappa shape index (κ3) is 2.96. The van der Waals surface area contributed by atoms with Gasteiger partial charge in [0.2, 0.25) is 0 Å². The van der Waals surface area contributed by atoms with E-state index in [1.54, 1.807) is 0 Å². The van der Waals surface area contributed by atoms with Gasteiger partial charge in [0.15, 0.2) is 6.40 Å². The minimum absolute atomic E-state index is 0.193. The first-order valence-corrected chi connectivity index (χ1v) is 7.29. The number of hydrogen-bond donors (Lipinski definition) is 0. The Morgan fingerprint density at radius 1 is 1.63 bits per heavy atom. The van der Waals surface area contributed by atoms with Gasteiger partial charge >= 0.3 is 0 Å². The molecule has 0 amide bonds. The summed E-state index contributed by atoms with van der Waals surface area (Å²) in [6, 6.07) is 2.28. The number of hydrogen-bond acceptors (Lipinski definition) is 5. The summed E-state index contributed by atoms with van der Waals surface area (Å²) in [5, 5.41) is 10.1. The Labute approximate surface area is 117 Å². The van der Waals surface area contributed by atoms with Crippen LogP contribution in [0.25, 0.3) is 0 Å². The second-order valence-electron chi connectivity index (χ2n) is 4.78. The summed E-state index contributed by atoms with van der Waals surface area (Å²) in [7, 11) is 0. The van der Waals surface area contributed by atoms with Crippen LogP contribution in [0, 0.1) is 17.2 Å². The van der Waals surface area contributed by atoms with Crippen LogP contribution in [0.4, 0.5) is 5.00 Å². The molecule has 1 aromatic rings. The average Bonchev–Trinajstić information content (AvgIpc) is 2.75. The number of aliphatic imine (C=N–C) groups is 1. The van der Waals surface area contributed by atoms with E-state index in [0.717, 1.165) is 21.9 Å². The van der Waals surface area contributed by atoms with E-state index >= 15 is 0 Å². The first-order valence-electron chi connectivity index (χ1n) is 6.47. The van der Waals surface area contributed by atoms with E-state index in [2.05, 4.69) is 24.9 Å². The topological polar surface area (TPSA) is 54.6 Å². The highest BCUT2D eigenvalue weighted by Crippen LogP contribution is 2.39. The van der Waals surface area contributed by atoms with Crippen LogP contribution in [0.15, 0.2) is 4.99 Å². The molecule has 5 heteroatoms. The van der Waals surface area contributed by atoms with Gasteiger partial charge in [-0.15, -0.1) is 11.3 Å². The number of fused-ring (bicyclic) bond motifs is 1. The van der Waals surface area contributed by atoms with Crippen LogP contribution in [0.5, 0.6) is 0 Å². The number of thiophene rings is 1. The second-order valence-corrected chi connectivity index (χ2v) is 5.87. The van der Waals surface area contributed by atoms with Crippen molar-refractivity contribution in [1.82, 2.24) is 0 Å². The lowest BCUT2D eigenvalue weighted by molar-refractivity contribution is 0.00161. The van der Waals surface area contributed by atoms with Crippen LogP contribution in [-0.2, 0) is 22.5 Å². The maximum atomic E-state index is 9.35. The van der Waals surface area contributed by atoms with Crippen molar-refractivity contribution in [3.8, 4) is 6.07 Å². The van der Waals surface area contributed by atoms with E-state index in [4.69, 9.17) is 9.47 Å². The van der Waals surface area contributed by atoms with E-state index in [1.807, 2.05) is 6.92 Å². The molecule has 0 spiro atoms. The fraction of sp³-hybridized carbons (Fsp3) is 0.571. The van der Waals surface area contributed by atoms with E-state index in [9.17, 15) is 5.26 Å². The van der Waals surface area contributed by atoms with E-state index in [-0.39, 0.29) is 6.10 Å². The molecule has 2 heterocycles. The lowest BCUT2D eigenvalue weighted by Crippen LogP contribution is -2.26. The normalized spacial score (nSPS) is 18.6. The van der Waals surface area contributed by atoms with Gasteiger partial charge in [-0.3, -0.25) is 0 Å². The molecule has 1 aliphatic heterocycles. The molecule has 0 aromatic carbocycles. The van der Waals surface area contributed by atoms with Crippen LogP contribution in [-0.4, -0.2) is 19.1 Å². The van der Waals surface area contributed by atoms with Crippen molar-refractivity contribution in [1.29, 1.82) is 5.26 Å². The monoisotopic (exact) mass is 278 g/mol. The highest BCUT2D eigenvalue weighted by atomic mass is 32.1. The van der Waals surface area contributed by atoms with Crippen LogP contribution < -0.4 is 0 Å². The molecule has 4 nitrogen and oxygen atoms in total. The van der Waals surface area contributed by atoms with Gasteiger partial charge in [0, 0.05) is 11.3 Å². The fourth-order valence-corrected chi connectivity index (χ4v) is 3.10. The van der Waals surface area contributed by atoms with Crippen molar-refractivity contribution in [2.75, 3.05) is 6.61 Å². The summed E-state index contributed by atoms with van der Waals surface area (Å²) in [5.74, 6) is 0.454. The van der Waals surface area contributed by atoms with Crippen LogP contribution in [0.2, 0.25) is 0 Å². The zero-order chi connectivity index (χ0) is 13.8. The average molecular weight is 278 g/mol. The molecular formula is C14H18N2O2S. The largest absolute Gasteiger partial charge is 0.483 e. The molecule has 19 heavy (non-hydrogen) atoms. The summed E-state index contributed by atoms with van der Waals surface area (Å²) in [6.07, 6.45) is 2.41. The molecule has 0 saturated carbocycles. The fourth-order valence-electron chi connectivity index (χ4n) is 2.07. The van der Waals surface area contributed by atoms with Gasteiger partial charge in [-0.2, -0.15) is 5.26 Å².